The molecule has 1 unspecified atom stereocenters. The number of aromatic nitrogens is 1. The zero-order valence-electron chi connectivity index (χ0n) is 6.58. The third kappa shape index (κ3) is 1.03. The zero-order valence-corrected chi connectivity index (χ0v) is 6.58. The number of pyridine rings is 1. The van der Waals surface area contributed by atoms with Gasteiger partial charge in [-0.25, -0.2) is 0 Å². The standard InChI is InChI=1S/C9H11NO/c1-2-9(7-11-9)8-4-3-5-10-6-8/h3-6H,2,7H2,1H3. The van der Waals surface area contributed by atoms with Crippen LogP contribution in [-0.4, -0.2) is 11.6 Å². The third-order valence-electron chi connectivity index (χ3n) is 2.25. The Kier molecular flexibility index (Phi) is 1.43. The maximum Gasteiger partial charge on any atom is 0.118 e. The first-order chi connectivity index (χ1) is 5.37. The lowest BCUT2D eigenvalue weighted by Gasteiger charge is -2.06. The van der Waals surface area contributed by atoms with Crippen LogP contribution in [0.4, 0.5) is 0 Å². The minimum Gasteiger partial charge on any atom is -0.364 e. The van der Waals surface area contributed by atoms with Crippen molar-refractivity contribution in [2.75, 3.05) is 6.61 Å². The van der Waals surface area contributed by atoms with E-state index in [1.165, 1.54) is 5.56 Å². The maximum absolute atomic E-state index is 5.39. The third-order valence-corrected chi connectivity index (χ3v) is 2.25. The lowest BCUT2D eigenvalue weighted by Crippen LogP contribution is -2.06. The summed E-state index contributed by atoms with van der Waals surface area (Å²) < 4.78 is 5.39. The topological polar surface area (TPSA) is 25.4 Å². The molecule has 0 spiro atoms. The van der Waals surface area contributed by atoms with Crippen molar-refractivity contribution in [2.45, 2.75) is 18.9 Å². The summed E-state index contributed by atoms with van der Waals surface area (Å²) >= 11 is 0. The van der Waals surface area contributed by atoms with E-state index >= 15 is 0 Å². The monoisotopic (exact) mass is 149 g/mol. The predicted octanol–water partition coefficient (Wildman–Crippen LogP) is 1.72. The quantitative estimate of drug-likeness (QED) is 0.598. The molecule has 0 amide bonds. The molecule has 1 aliphatic heterocycles. The minimum atomic E-state index is 0.0221. The fraction of sp³-hybridized carbons (Fsp3) is 0.444. The van der Waals surface area contributed by atoms with Gasteiger partial charge in [-0.15, -0.1) is 0 Å². The summed E-state index contributed by atoms with van der Waals surface area (Å²) in [7, 11) is 0. The van der Waals surface area contributed by atoms with Gasteiger partial charge in [0.2, 0.25) is 0 Å². The van der Waals surface area contributed by atoms with Crippen LogP contribution >= 0.6 is 0 Å². The molecule has 2 heterocycles. The second-order valence-corrected chi connectivity index (χ2v) is 2.88. The fourth-order valence-corrected chi connectivity index (χ4v) is 1.29. The summed E-state index contributed by atoms with van der Waals surface area (Å²) in [5, 5.41) is 0. The first-order valence-electron chi connectivity index (χ1n) is 3.92. The summed E-state index contributed by atoms with van der Waals surface area (Å²) in [6.45, 7) is 3.00. The van der Waals surface area contributed by atoms with E-state index in [0.29, 0.717) is 0 Å². The van der Waals surface area contributed by atoms with Crippen LogP contribution in [0.15, 0.2) is 24.5 Å². The van der Waals surface area contributed by atoms with Gasteiger partial charge < -0.3 is 4.74 Å². The molecule has 1 aromatic rings. The van der Waals surface area contributed by atoms with Gasteiger partial charge in [-0.3, -0.25) is 4.98 Å². The molecule has 0 bridgehead atoms. The van der Waals surface area contributed by atoms with Crippen molar-refractivity contribution in [3.8, 4) is 0 Å². The molecule has 1 aliphatic rings. The Labute approximate surface area is 66.2 Å². The second-order valence-electron chi connectivity index (χ2n) is 2.88. The van der Waals surface area contributed by atoms with E-state index in [2.05, 4.69) is 18.0 Å². The van der Waals surface area contributed by atoms with E-state index in [1.807, 2.05) is 12.3 Å². The number of nitrogens with zero attached hydrogens (tertiary/aromatic N) is 1. The van der Waals surface area contributed by atoms with Crippen LogP contribution in [0, 0.1) is 0 Å². The molecule has 0 aliphatic carbocycles. The summed E-state index contributed by atoms with van der Waals surface area (Å²) in [6, 6.07) is 4.03. The van der Waals surface area contributed by atoms with E-state index in [4.69, 9.17) is 4.74 Å². The molecule has 1 atom stereocenters. The molecule has 0 N–H and O–H groups in total. The summed E-state index contributed by atoms with van der Waals surface area (Å²) in [4.78, 5) is 4.06. The first-order valence-corrected chi connectivity index (χ1v) is 3.92. The molecule has 0 radical (unpaired) electrons. The number of hydrogen-bond donors (Lipinski definition) is 0. The Morgan fingerprint density at radius 2 is 2.55 bits per heavy atom. The van der Waals surface area contributed by atoms with Crippen molar-refractivity contribution in [1.29, 1.82) is 0 Å². The summed E-state index contributed by atoms with van der Waals surface area (Å²) in [6.07, 6.45) is 4.71. The molecular weight excluding hydrogens is 138 g/mol. The van der Waals surface area contributed by atoms with Crippen LogP contribution in [-0.2, 0) is 10.3 Å². The molecular formula is C9H11NO. The predicted molar refractivity (Wildman–Crippen MR) is 42.2 cm³/mol. The molecule has 1 saturated heterocycles. The van der Waals surface area contributed by atoms with Gasteiger partial charge in [-0.05, 0) is 12.5 Å². The van der Waals surface area contributed by atoms with Crippen LogP contribution in [0.5, 0.6) is 0 Å². The van der Waals surface area contributed by atoms with Crippen LogP contribution in [0.2, 0.25) is 0 Å². The first kappa shape index (κ1) is 6.80. The average Bonchev–Trinajstić information content (AvgIpc) is 2.86. The highest BCUT2D eigenvalue weighted by molar-refractivity contribution is 5.22. The molecule has 58 valence electrons. The van der Waals surface area contributed by atoms with Crippen LogP contribution in [0.25, 0.3) is 0 Å². The summed E-state index contributed by atoms with van der Waals surface area (Å²) in [5.41, 5.74) is 1.23. The van der Waals surface area contributed by atoms with Crippen LogP contribution in [0.1, 0.15) is 18.9 Å². The van der Waals surface area contributed by atoms with Gasteiger partial charge in [0.05, 0.1) is 6.61 Å². The second kappa shape index (κ2) is 2.31. The lowest BCUT2D eigenvalue weighted by atomic mass is 10.00. The Balaban J connectivity index is 2.30. The van der Waals surface area contributed by atoms with Gasteiger partial charge in [-0.2, -0.15) is 0 Å². The Morgan fingerprint density at radius 1 is 1.73 bits per heavy atom. The SMILES string of the molecule is CCC1(c2cccnc2)CO1. The maximum atomic E-state index is 5.39. The van der Waals surface area contributed by atoms with Crippen molar-refractivity contribution in [1.82, 2.24) is 4.98 Å². The number of rotatable bonds is 2. The van der Waals surface area contributed by atoms with E-state index in [9.17, 15) is 0 Å². The lowest BCUT2D eigenvalue weighted by molar-refractivity contribution is 0.300. The molecule has 2 rings (SSSR count). The molecule has 2 heteroatoms. The van der Waals surface area contributed by atoms with Crippen molar-refractivity contribution in [3.05, 3.63) is 30.1 Å². The molecule has 1 aromatic heterocycles. The normalized spacial score (nSPS) is 28.5. The van der Waals surface area contributed by atoms with Gasteiger partial charge >= 0.3 is 0 Å². The number of ether oxygens (including phenoxy) is 1. The highest BCUT2D eigenvalue weighted by Gasteiger charge is 2.44. The zero-order chi connectivity index (χ0) is 7.73. The van der Waals surface area contributed by atoms with E-state index in [0.717, 1.165) is 13.0 Å². The van der Waals surface area contributed by atoms with Gasteiger partial charge in [0.1, 0.15) is 5.60 Å². The van der Waals surface area contributed by atoms with Crippen molar-refractivity contribution in [2.24, 2.45) is 0 Å². The molecule has 0 saturated carbocycles. The highest BCUT2D eigenvalue weighted by Crippen LogP contribution is 2.40. The Bertz CT molecular complexity index is 241. The van der Waals surface area contributed by atoms with Crippen molar-refractivity contribution >= 4 is 0 Å². The van der Waals surface area contributed by atoms with Gasteiger partial charge in [-0.1, -0.05) is 13.0 Å². The summed E-state index contributed by atoms with van der Waals surface area (Å²) in [5.74, 6) is 0. The largest absolute Gasteiger partial charge is 0.364 e. The van der Waals surface area contributed by atoms with Crippen LogP contribution in [0.3, 0.4) is 0 Å². The highest BCUT2D eigenvalue weighted by atomic mass is 16.6. The Morgan fingerprint density at radius 3 is 3.00 bits per heavy atom. The molecule has 11 heavy (non-hydrogen) atoms. The van der Waals surface area contributed by atoms with E-state index in [-0.39, 0.29) is 5.60 Å². The minimum absolute atomic E-state index is 0.0221. The van der Waals surface area contributed by atoms with Crippen molar-refractivity contribution < 1.29 is 4.74 Å². The molecule has 1 fully saturated rings. The van der Waals surface area contributed by atoms with E-state index < -0.39 is 0 Å². The smallest absolute Gasteiger partial charge is 0.118 e. The molecule has 2 nitrogen and oxygen atoms in total. The van der Waals surface area contributed by atoms with Gasteiger partial charge in [0, 0.05) is 18.0 Å². The average molecular weight is 149 g/mol. The van der Waals surface area contributed by atoms with Crippen LogP contribution < -0.4 is 0 Å². The fourth-order valence-electron chi connectivity index (χ4n) is 1.29. The van der Waals surface area contributed by atoms with Gasteiger partial charge in [0.15, 0.2) is 0 Å². The number of epoxide rings is 1. The molecule has 0 aromatic carbocycles. The van der Waals surface area contributed by atoms with Crippen molar-refractivity contribution in [3.63, 3.8) is 0 Å². The van der Waals surface area contributed by atoms with Gasteiger partial charge in [0.25, 0.3) is 0 Å². The Hall–Kier alpha value is -0.890. The van der Waals surface area contributed by atoms with E-state index in [1.54, 1.807) is 6.20 Å². The number of hydrogen-bond acceptors (Lipinski definition) is 2.